The van der Waals surface area contributed by atoms with E-state index >= 15 is 0 Å². The first-order valence-electron chi connectivity index (χ1n) is 6.31. The van der Waals surface area contributed by atoms with Crippen LogP contribution in [0.15, 0.2) is 18.2 Å². The van der Waals surface area contributed by atoms with Crippen molar-refractivity contribution in [1.29, 1.82) is 0 Å². The molecule has 0 aliphatic carbocycles. The van der Waals surface area contributed by atoms with E-state index in [0.717, 1.165) is 0 Å². The molecule has 0 saturated heterocycles. The van der Waals surface area contributed by atoms with Crippen LogP contribution >= 0.6 is 0 Å². The van der Waals surface area contributed by atoms with Crippen LogP contribution in [-0.4, -0.2) is 36.7 Å². The molecule has 1 rings (SSSR count). The van der Waals surface area contributed by atoms with Gasteiger partial charge in [-0.2, -0.15) is 0 Å². The van der Waals surface area contributed by atoms with Crippen molar-refractivity contribution in [3.8, 4) is 11.5 Å². The zero-order valence-electron chi connectivity index (χ0n) is 11.8. The Morgan fingerprint density at radius 1 is 1.35 bits per heavy atom. The van der Waals surface area contributed by atoms with Gasteiger partial charge < -0.3 is 19.9 Å². The van der Waals surface area contributed by atoms with Crippen LogP contribution in [0.5, 0.6) is 11.5 Å². The van der Waals surface area contributed by atoms with Crippen LogP contribution < -0.4 is 14.8 Å². The number of nitrogens with one attached hydrogen (secondary N) is 1. The summed E-state index contributed by atoms with van der Waals surface area (Å²) in [4.78, 5) is 22.5. The minimum atomic E-state index is -0.956. The van der Waals surface area contributed by atoms with Crippen molar-refractivity contribution >= 4 is 11.9 Å². The molecule has 0 aromatic heterocycles. The molecule has 0 heterocycles. The standard InChI is InChI=1S/C14H19NO5/c1-4-20-11-6-5-10(8-12(11)19-3)14(18)15-9(2)7-13(16)17/h5-6,8-9H,4,7H2,1-3H3,(H,15,18)(H,16,17). The van der Waals surface area contributed by atoms with E-state index in [2.05, 4.69) is 5.32 Å². The highest BCUT2D eigenvalue weighted by Crippen LogP contribution is 2.28. The summed E-state index contributed by atoms with van der Waals surface area (Å²) in [6, 6.07) is 4.38. The van der Waals surface area contributed by atoms with E-state index in [4.69, 9.17) is 14.6 Å². The maximum absolute atomic E-state index is 12.0. The SMILES string of the molecule is CCOc1ccc(C(=O)NC(C)CC(=O)O)cc1OC. The quantitative estimate of drug-likeness (QED) is 0.794. The van der Waals surface area contributed by atoms with Gasteiger partial charge in [-0.1, -0.05) is 0 Å². The number of ether oxygens (including phenoxy) is 2. The molecule has 1 aromatic carbocycles. The summed E-state index contributed by atoms with van der Waals surface area (Å²) in [5.74, 6) is -0.280. The largest absolute Gasteiger partial charge is 0.493 e. The Hall–Kier alpha value is -2.24. The summed E-state index contributed by atoms with van der Waals surface area (Å²) < 4.78 is 10.5. The Balaban J connectivity index is 2.80. The third-order valence-electron chi connectivity index (χ3n) is 2.58. The van der Waals surface area contributed by atoms with Crippen LogP contribution in [0.4, 0.5) is 0 Å². The smallest absolute Gasteiger partial charge is 0.305 e. The van der Waals surface area contributed by atoms with Crippen LogP contribution in [0.1, 0.15) is 30.6 Å². The molecular formula is C14H19NO5. The minimum Gasteiger partial charge on any atom is -0.493 e. The van der Waals surface area contributed by atoms with Crippen molar-refractivity contribution in [1.82, 2.24) is 5.32 Å². The van der Waals surface area contributed by atoms with Crippen LogP contribution in [-0.2, 0) is 4.79 Å². The second kappa shape index (κ2) is 7.37. The Morgan fingerprint density at radius 3 is 2.60 bits per heavy atom. The first kappa shape index (κ1) is 15.8. The Morgan fingerprint density at radius 2 is 2.05 bits per heavy atom. The number of carbonyl (C=O) groups is 2. The second-order valence-electron chi connectivity index (χ2n) is 4.27. The molecule has 1 unspecified atom stereocenters. The lowest BCUT2D eigenvalue weighted by molar-refractivity contribution is -0.137. The molecular weight excluding hydrogens is 262 g/mol. The van der Waals surface area contributed by atoms with E-state index < -0.39 is 12.0 Å². The number of carbonyl (C=O) groups excluding carboxylic acids is 1. The molecule has 0 saturated carbocycles. The van der Waals surface area contributed by atoms with Gasteiger partial charge in [0.2, 0.25) is 0 Å². The van der Waals surface area contributed by atoms with Crippen molar-refractivity contribution in [2.24, 2.45) is 0 Å². The van der Waals surface area contributed by atoms with E-state index in [-0.39, 0.29) is 12.3 Å². The summed E-state index contributed by atoms with van der Waals surface area (Å²) in [5, 5.41) is 11.3. The van der Waals surface area contributed by atoms with Gasteiger partial charge in [-0.25, -0.2) is 0 Å². The molecule has 1 atom stereocenters. The van der Waals surface area contributed by atoms with Gasteiger partial charge in [0.15, 0.2) is 11.5 Å². The summed E-state index contributed by atoms with van der Waals surface area (Å²) in [6.07, 6.45) is -0.125. The first-order chi connectivity index (χ1) is 9.47. The Bertz CT molecular complexity index is 486. The van der Waals surface area contributed by atoms with Gasteiger partial charge in [-0.05, 0) is 32.0 Å². The maximum atomic E-state index is 12.0. The highest BCUT2D eigenvalue weighted by molar-refractivity contribution is 5.95. The molecule has 6 nitrogen and oxygen atoms in total. The third-order valence-corrected chi connectivity index (χ3v) is 2.58. The van der Waals surface area contributed by atoms with Gasteiger partial charge in [0, 0.05) is 11.6 Å². The molecule has 6 heteroatoms. The van der Waals surface area contributed by atoms with Crippen molar-refractivity contribution < 1.29 is 24.2 Å². The van der Waals surface area contributed by atoms with Gasteiger partial charge in [-0.15, -0.1) is 0 Å². The zero-order chi connectivity index (χ0) is 15.1. The fraction of sp³-hybridized carbons (Fsp3) is 0.429. The maximum Gasteiger partial charge on any atom is 0.305 e. The number of carboxylic acid groups (broad SMARTS) is 1. The molecule has 1 aromatic rings. The van der Waals surface area contributed by atoms with E-state index in [0.29, 0.717) is 23.7 Å². The summed E-state index contributed by atoms with van der Waals surface area (Å²) >= 11 is 0. The average molecular weight is 281 g/mol. The summed E-state index contributed by atoms with van der Waals surface area (Å²) in [7, 11) is 1.49. The average Bonchev–Trinajstić information content (AvgIpc) is 2.38. The third kappa shape index (κ3) is 4.46. The molecule has 0 bridgehead atoms. The molecule has 1 amide bonds. The van der Waals surface area contributed by atoms with Crippen molar-refractivity contribution in [3.05, 3.63) is 23.8 Å². The summed E-state index contributed by atoms with van der Waals surface area (Å²) in [5.41, 5.74) is 0.391. The molecule has 20 heavy (non-hydrogen) atoms. The minimum absolute atomic E-state index is 0.125. The first-order valence-corrected chi connectivity index (χ1v) is 6.31. The molecule has 0 radical (unpaired) electrons. The molecule has 2 N–H and O–H groups in total. The van der Waals surface area contributed by atoms with Gasteiger partial charge >= 0.3 is 5.97 Å². The van der Waals surface area contributed by atoms with Crippen LogP contribution in [0.25, 0.3) is 0 Å². The van der Waals surface area contributed by atoms with Gasteiger partial charge in [0.1, 0.15) is 0 Å². The topological polar surface area (TPSA) is 84.9 Å². The second-order valence-corrected chi connectivity index (χ2v) is 4.27. The lowest BCUT2D eigenvalue weighted by atomic mass is 10.1. The van der Waals surface area contributed by atoms with Crippen molar-refractivity contribution in [3.63, 3.8) is 0 Å². The van der Waals surface area contributed by atoms with Crippen LogP contribution in [0.2, 0.25) is 0 Å². The predicted octanol–water partition coefficient (Wildman–Crippen LogP) is 1.69. The van der Waals surface area contributed by atoms with E-state index in [1.807, 2.05) is 6.92 Å². The zero-order valence-corrected chi connectivity index (χ0v) is 11.8. The lowest BCUT2D eigenvalue weighted by Crippen LogP contribution is -2.34. The number of methoxy groups -OCH3 is 1. The lowest BCUT2D eigenvalue weighted by Gasteiger charge is -2.13. The van der Waals surface area contributed by atoms with Gasteiger partial charge in [-0.3, -0.25) is 9.59 Å². The van der Waals surface area contributed by atoms with Crippen LogP contribution in [0, 0.1) is 0 Å². The molecule has 0 fully saturated rings. The Labute approximate surface area is 117 Å². The van der Waals surface area contributed by atoms with Crippen molar-refractivity contribution in [2.45, 2.75) is 26.3 Å². The monoisotopic (exact) mass is 281 g/mol. The van der Waals surface area contributed by atoms with Gasteiger partial charge in [0.05, 0.1) is 20.1 Å². The molecule has 0 aliphatic rings. The van der Waals surface area contributed by atoms with Crippen molar-refractivity contribution in [2.75, 3.05) is 13.7 Å². The number of rotatable bonds is 7. The number of amides is 1. The highest BCUT2D eigenvalue weighted by atomic mass is 16.5. The molecule has 0 aliphatic heterocycles. The molecule has 110 valence electrons. The Kier molecular flexibility index (Phi) is 5.83. The number of carboxylic acids is 1. The van der Waals surface area contributed by atoms with Crippen LogP contribution in [0.3, 0.4) is 0 Å². The normalized spacial score (nSPS) is 11.6. The fourth-order valence-corrected chi connectivity index (χ4v) is 1.70. The number of benzene rings is 1. The molecule has 0 spiro atoms. The fourth-order valence-electron chi connectivity index (χ4n) is 1.70. The van der Waals surface area contributed by atoms with E-state index in [1.54, 1.807) is 25.1 Å². The van der Waals surface area contributed by atoms with Gasteiger partial charge in [0.25, 0.3) is 5.91 Å². The van der Waals surface area contributed by atoms with E-state index in [9.17, 15) is 9.59 Å². The number of hydrogen-bond acceptors (Lipinski definition) is 4. The summed E-state index contributed by atoms with van der Waals surface area (Å²) in [6.45, 7) is 3.99. The number of hydrogen-bond donors (Lipinski definition) is 2. The van der Waals surface area contributed by atoms with E-state index in [1.165, 1.54) is 7.11 Å². The predicted molar refractivity (Wildman–Crippen MR) is 73.3 cm³/mol. The highest BCUT2D eigenvalue weighted by Gasteiger charge is 2.14. The number of aliphatic carboxylic acids is 1.